The lowest BCUT2D eigenvalue weighted by molar-refractivity contribution is 0.453. The molecule has 1 aliphatic heterocycles. The van der Waals surface area contributed by atoms with Crippen LogP contribution in [0.5, 0.6) is 0 Å². The van der Waals surface area contributed by atoms with Crippen LogP contribution in [0, 0.1) is 0 Å². The van der Waals surface area contributed by atoms with Crippen molar-refractivity contribution in [2.75, 3.05) is 19.6 Å². The Morgan fingerprint density at radius 2 is 2.00 bits per heavy atom. The number of hydrogen-bond donors (Lipinski definition) is 1. The smallest absolute Gasteiger partial charge is 0.201 e. The predicted octanol–water partition coefficient (Wildman–Crippen LogP) is 0.379. The van der Waals surface area contributed by atoms with E-state index < -0.39 is 10.2 Å². The zero-order valence-corrected chi connectivity index (χ0v) is 9.20. The summed E-state index contributed by atoms with van der Waals surface area (Å²) in [5, 5.41) is 0. The fourth-order valence-corrected chi connectivity index (χ4v) is 2.84. The van der Waals surface area contributed by atoms with E-state index >= 15 is 0 Å². The quantitative estimate of drug-likeness (QED) is 0.810. The molecule has 0 aromatic heterocycles. The van der Waals surface area contributed by atoms with Crippen LogP contribution in [0.25, 0.3) is 0 Å². The van der Waals surface area contributed by atoms with Crippen LogP contribution >= 0.6 is 0 Å². The molecule has 0 atom stereocenters. The Kier molecular flexibility index (Phi) is 3.04. The van der Waals surface area contributed by atoms with E-state index in [2.05, 4.69) is 4.72 Å². The Labute approximate surface area is 90.1 Å². The van der Waals surface area contributed by atoms with Crippen molar-refractivity contribution in [1.29, 1.82) is 0 Å². The molecule has 1 aromatic carbocycles. The van der Waals surface area contributed by atoms with Crippen molar-refractivity contribution in [2.45, 2.75) is 6.42 Å². The molecule has 1 N–H and O–H groups in total. The molecule has 1 saturated heterocycles. The summed E-state index contributed by atoms with van der Waals surface area (Å²) in [6, 6.07) is 9.90. The molecular formula is C10H14N2O2S. The number of rotatable bonds is 3. The van der Waals surface area contributed by atoms with Gasteiger partial charge in [0.15, 0.2) is 0 Å². The van der Waals surface area contributed by atoms with Crippen LogP contribution in [-0.2, 0) is 16.6 Å². The summed E-state index contributed by atoms with van der Waals surface area (Å²) in [7, 11) is -3.17. The van der Waals surface area contributed by atoms with Gasteiger partial charge in [-0.1, -0.05) is 30.3 Å². The minimum absolute atomic E-state index is 0.525. The van der Waals surface area contributed by atoms with Gasteiger partial charge in [-0.05, 0) is 12.0 Å². The van der Waals surface area contributed by atoms with Gasteiger partial charge >= 0.3 is 0 Å². The molecule has 0 amide bonds. The van der Waals surface area contributed by atoms with Gasteiger partial charge in [-0.15, -0.1) is 0 Å². The number of nitrogens with one attached hydrogen (secondary N) is 1. The summed E-state index contributed by atoms with van der Waals surface area (Å²) >= 11 is 0. The SMILES string of the molecule is O=S1(=O)NCCN1CCc1ccccc1. The topological polar surface area (TPSA) is 49.4 Å². The van der Waals surface area contributed by atoms with E-state index in [1.54, 1.807) is 0 Å². The van der Waals surface area contributed by atoms with Crippen LogP contribution in [-0.4, -0.2) is 32.4 Å². The summed E-state index contributed by atoms with van der Waals surface area (Å²) < 4.78 is 26.8. The average molecular weight is 226 g/mol. The first-order valence-corrected chi connectivity index (χ1v) is 6.41. The third-order valence-electron chi connectivity index (χ3n) is 2.48. The molecule has 82 valence electrons. The second-order valence-electron chi connectivity index (χ2n) is 3.53. The van der Waals surface area contributed by atoms with Crippen LogP contribution < -0.4 is 4.72 Å². The molecule has 0 spiro atoms. The Hall–Kier alpha value is -0.910. The van der Waals surface area contributed by atoms with Crippen molar-refractivity contribution < 1.29 is 8.42 Å². The standard InChI is InChI=1S/C10H14N2O2S/c13-15(14)11-7-9-12(15)8-6-10-4-2-1-3-5-10/h1-5,11H,6-9H2. The molecule has 15 heavy (non-hydrogen) atoms. The highest BCUT2D eigenvalue weighted by Gasteiger charge is 2.26. The molecule has 1 aliphatic rings. The largest absolute Gasteiger partial charge is 0.279 e. The molecular weight excluding hydrogens is 212 g/mol. The van der Waals surface area contributed by atoms with Crippen molar-refractivity contribution in [1.82, 2.24) is 9.03 Å². The van der Waals surface area contributed by atoms with Gasteiger partial charge < -0.3 is 0 Å². The van der Waals surface area contributed by atoms with E-state index in [4.69, 9.17) is 0 Å². The monoisotopic (exact) mass is 226 g/mol. The number of benzene rings is 1. The molecule has 0 unspecified atom stereocenters. The summed E-state index contributed by atoms with van der Waals surface area (Å²) in [6.45, 7) is 1.66. The number of nitrogens with zero attached hydrogens (tertiary/aromatic N) is 1. The molecule has 0 radical (unpaired) electrons. The molecule has 0 saturated carbocycles. The van der Waals surface area contributed by atoms with Gasteiger partial charge in [-0.2, -0.15) is 12.7 Å². The lowest BCUT2D eigenvalue weighted by Crippen LogP contribution is -2.31. The van der Waals surface area contributed by atoms with Crippen molar-refractivity contribution in [2.24, 2.45) is 0 Å². The zero-order valence-electron chi connectivity index (χ0n) is 8.39. The Morgan fingerprint density at radius 1 is 1.27 bits per heavy atom. The summed E-state index contributed by atoms with van der Waals surface area (Å²) in [4.78, 5) is 0. The van der Waals surface area contributed by atoms with E-state index in [1.807, 2.05) is 30.3 Å². The summed E-state index contributed by atoms with van der Waals surface area (Å²) in [5.41, 5.74) is 1.17. The van der Waals surface area contributed by atoms with Crippen LogP contribution in [0.15, 0.2) is 30.3 Å². The van der Waals surface area contributed by atoms with E-state index in [0.717, 1.165) is 6.42 Å². The molecule has 1 aromatic rings. The van der Waals surface area contributed by atoms with Crippen molar-refractivity contribution in [3.8, 4) is 0 Å². The minimum Gasteiger partial charge on any atom is -0.201 e. The molecule has 1 fully saturated rings. The van der Waals surface area contributed by atoms with Gasteiger partial charge in [0.05, 0.1) is 0 Å². The molecule has 0 aliphatic carbocycles. The van der Waals surface area contributed by atoms with Gasteiger partial charge in [-0.3, -0.25) is 0 Å². The second kappa shape index (κ2) is 4.30. The fraction of sp³-hybridized carbons (Fsp3) is 0.400. The lowest BCUT2D eigenvalue weighted by Gasteiger charge is -2.12. The highest BCUT2D eigenvalue weighted by Crippen LogP contribution is 2.07. The maximum atomic E-state index is 11.4. The first kappa shape index (κ1) is 10.6. The molecule has 5 heteroatoms. The fourth-order valence-electron chi connectivity index (χ4n) is 1.64. The average Bonchev–Trinajstić information content (AvgIpc) is 2.56. The van der Waals surface area contributed by atoms with Gasteiger partial charge in [0.1, 0.15) is 0 Å². The molecule has 4 nitrogen and oxygen atoms in total. The highest BCUT2D eigenvalue weighted by molar-refractivity contribution is 7.87. The number of hydrogen-bond acceptors (Lipinski definition) is 2. The van der Waals surface area contributed by atoms with Gasteiger partial charge in [0.2, 0.25) is 0 Å². The Bertz CT molecular complexity index is 416. The Balaban J connectivity index is 1.94. The van der Waals surface area contributed by atoms with Crippen molar-refractivity contribution >= 4 is 10.2 Å². The third kappa shape index (κ3) is 2.56. The van der Waals surface area contributed by atoms with Gasteiger partial charge in [0, 0.05) is 19.6 Å². The second-order valence-corrected chi connectivity index (χ2v) is 5.29. The molecule has 0 bridgehead atoms. The first-order valence-electron chi connectivity index (χ1n) is 4.97. The van der Waals surface area contributed by atoms with E-state index in [0.29, 0.717) is 19.6 Å². The summed E-state index contributed by atoms with van der Waals surface area (Å²) in [6.07, 6.45) is 0.766. The zero-order chi connectivity index (χ0) is 10.7. The van der Waals surface area contributed by atoms with Crippen molar-refractivity contribution in [3.05, 3.63) is 35.9 Å². The Morgan fingerprint density at radius 3 is 2.60 bits per heavy atom. The molecule has 1 heterocycles. The maximum absolute atomic E-state index is 11.4. The molecule has 2 rings (SSSR count). The first-order chi connectivity index (χ1) is 7.18. The normalized spacial score (nSPS) is 20.5. The maximum Gasteiger partial charge on any atom is 0.279 e. The van der Waals surface area contributed by atoms with E-state index in [9.17, 15) is 8.42 Å². The van der Waals surface area contributed by atoms with Crippen LogP contribution in [0.3, 0.4) is 0 Å². The third-order valence-corrected chi connectivity index (χ3v) is 4.09. The minimum atomic E-state index is -3.17. The predicted molar refractivity (Wildman–Crippen MR) is 58.6 cm³/mol. The van der Waals surface area contributed by atoms with Crippen LogP contribution in [0.4, 0.5) is 0 Å². The van der Waals surface area contributed by atoms with Gasteiger partial charge in [0.25, 0.3) is 10.2 Å². The van der Waals surface area contributed by atoms with E-state index in [-0.39, 0.29) is 0 Å². The van der Waals surface area contributed by atoms with Gasteiger partial charge in [-0.25, -0.2) is 4.72 Å². The summed E-state index contributed by atoms with van der Waals surface area (Å²) in [5.74, 6) is 0. The van der Waals surface area contributed by atoms with Crippen LogP contribution in [0.1, 0.15) is 5.56 Å². The lowest BCUT2D eigenvalue weighted by atomic mass is 10.1. The van der Waals surface area contributed by atoms with Crippen molar-refractivity contribution in [3.63, 3.8) is 0 Å². The van der Waals surface area contributed by atoms with E-state index in [1.165, 1.54) is 9.87 Å². The highest BCUT2D eigenvalue weighted by atomic mass is 32.2. The van der Waals surface area contributed by atoms with Crippen LogP contribution in [0.2, 0.25) is 0 Å².